The summed E-state index contributed by atoms with van der Waals surface area (Å²) in [6, 6.07) is 5.41. The fourth-order valence-electron chi connectivity index (χ4n) is 4.35. The number of hydrogen-bond donors (Lipinski definition) is 3. The van der Waals surface area contributed by atoms with E-state index in [0.29, 0.717) is 24.7 Å². The Labute approximate surface area is 184 Å². The highest BCUT2D eigenvalue weighted by Gasteiger charge is 2.29. The highest BCUT2D eigenvalue weighted by Crippen LogP contribution is 2.32. The largest absolute Gasteiger partial charge is 0.492 e. The van der Waals surface area contributed by atoms with Gasteiger partial charge in [-0.05, 0) is 45.7 Å². The molecule has 172 valence electrons. The Morgan fingerprint density at radius 3 is 2.74 bits per heavy atom. The van der Waals surface area contributed by atoms with Crippen LogP contribution in [0.2, 0.25) is 0 Å². The maximum atomic E-state index is 12.5. The van der Waals surface area contributed by atoms with Crippen LogP contribution in [0.4, 0.5) is 11.4 Å². The van der Waals surface area contributed by atoms with Crippen molar-refractivity contribution in [2.24, 2.45) is 5.92 Å². The molecule has 1 aromatic rings. The number of hydrogen-bond acceptors (Lipinski definition) is 6. The number of benzene rings is 1. The fourth-order valence-corrected chi connectivity index (χ4v) is 4.35. The van der Waals surface area contributed by atoms with Crippen LogP contribution >= 0.6 is 0 Å². The summed E-state index contributed by atoms with van der Waals surface area (Å²) in [4.78, 5) is 27.2. The van der Waals surface area contributed by atoms with E-state index in [1.807, 2.05) is 19.1 Å². The summed E-state index contributed by atoms with van der Waals surface area (Å²) < 4.78 is 11.5. The summed E-state index contributed by atoms with van der Waals surface area (Å²) in [6.07, 6.45) is 3.65. The lowest BCUT2D eigenvalue weighted by Crippen LogP contribution is -2.48. The summed E-state index contributed by atoms with van der Waals surface area (Å²) in [5, 5.41) is 15.0. The smallest absolute Gasteiger partial charge is 0.313 e. The molecule has 1 heterocycles. The maximum absolute atomic E-state index is 12.5. The highest BCUT2D eigenvalue weighted by molar-refractivity contribution is 6.39. The Morgan fingerprint density at radius 1 is 1.26 bits per heavy atom. The van der Waals surface area contributed by atoms with Crippen molar-refractivity contribution < 1.29 is 24.2 Å². The quantitative estimate of drug-likeness (QED) is 0.596. The number of nitrogens with zero attached hydrogens (tertiary/aromatic N) is 1. The molecule has 3 rings (SSSR count). The SMILES string of the molecule is CCOc1cc(N2CCOC(C)(C)C2)ccc1NC(=O)C(=O)NC1CCCCC1CO. The number of carbonyl (C=O) groups excluding carboxylic acids is 2. The fraction of sp³-hybridized carbons (Fsp3) is 0.652. The van der Waals surface area contributed by atoms with Gasteiger partial charge in [0.15, 0.2) is 0 Å². The summed E-state index contributed by atoms with van der Waals surface area (Å²) in [5.41, 5.74) is 1.21. The third kappa shape index (κ3) is 6.11. The van der Waals surface area contributed by atoms with E-state index in [-0.39, 0.29) is 24.2 Å². The summed E-state index contributed by atoms with van der Waals surface area (Å²) in [5.74, 6) is -0.895. The first kappa shape index (κ1) is 23.3. The Hall–Kier alpha value is -2.32. The summed E-state index contributed by atoms with van der Waals surface area (Å²) in [7, 11) is 0. The van der Waals surface area contributed by atoms with Crippen LogP contribution in [0.3, 0.4) is 0 Å². The van der Waals surface area contributed by atoms with Crippen molar-refractivity contribution >= 4 is 23.2 Å². The molecule has 2 unspecified atom stereocenters. The molecule has 2 aliphatic rings. The zero-order chi connectivity index (χ0) is 22.4. The van der Waals surface area contributed by atoms with Gasteiger partial charge in [-0.25, -0.2) is 0 Å². The topological polar surface area (TPSA) is 100 Å². The Bertz CT molecular complexity index is 782. The van der Waals surface area contributed by atoms with Gasteiger partial charge >= 0.3 is 11.8 Å². The predicted molar refractivity (Wildman–Crippen MR) is 119 cm³/mol. The van der Waals surface area contributed by atoms with Crippen molar-refractivity contribution in [1.29, 1.82) is 0 Å². The number of rotatable bonds is 6. The van der Waals surface area contributed by atoms with Gasteiger partial charge in [0.1, 0.15) is 5.75 Å². The number of carbonyl (C=O) groups is 2. The van der Waals surface area contributed by atoms with Crippen LogP contribution in [0.25, 0.3) is 0 Å². The number of aliphatic hydroxyl groups excluding tert-OH is 1. The molecule has 1 aliphatic carbocycles. The van der Waals surface area contributed by atoms with Crippen LogP contribution in [-0.4, -0.2) is 61.5 Å². The van der Waals surface area contributed by atoms with Crippen LogP contribution in [0, 0.1) is 5.92 Å². The number of morpholine rings is 1. The van der Waals surface area contributed by atoms with E-state index >= 15 is 0 Å². The molecule has 0 radical (unpaired) electrons. The minimum Gasteiger partial charge on any atom is -0.492 e. The normalized spacial score (nSPS) is 23.2. The molecule has 1 aliphatic heterocycles. The average Bonchev–Trinajstić information content (AvgIpc) is 2.74. The van der Waals surface area contributed by atoms with Crippen molar-refractivity contribution in [2.75, 3.05) is 43.1 Å². The van der Waals surface area contributed by atoms with Gasteiger partial charge in [-0.1, -0.05) is 12.8 Å². The van der Waals surface area contributed by atoms with Gasteiger partial charge in [-0.2, -0.15) is 0 Å². The molecular formula is C23H35N3O5. The lowest BCUT2D eigenvalue weighted by Gasteiger charge is -2.39. The molecule has 1 saturated carbocycles. The molecule has 0 spiro atoms. The monoisotopic (exact) mass is 433 g/mol. The van der Waals surface area contributed by atoms with E-state index in [2.05, 4.69) is 29.4 Å². The minimum atomic E-state index is -0.733. The van der Waals surface area contributed by atoms with Gasteiger partial charge in [0.05, 0.1) is 24.5 Å². The van der Waals surface area contributed by atoms with E-state index in [4.69, 9.17) is 9.47 Å². The van der Waals surface area contributed by atoms with Gasteiger partial charge in [0, 0.05) is 43.4 Å². The number of ether oxygens (including phenoxy) is 2. The van der Waals surface area contributed by atoms with Gasteiger partial charge in [-0.3, -0.25) is 9.59 Å². The molecule has 31 heavy (non-hydrogen) atoms. The third-order valence-corrected chi connectivity index (χ3v) is 5.97. The zero-order valence-electron chi connectivity index (χ0n) is 18.8. The first-order chi connectivity index (χ1) is 14.8. The van der Waals surface area contributed by atoms with E-state index in [1.165, 1.54) is 0 Å². The summed E-state index contributed by atoms with van der Waals surface area (Å²) in [6.45, 7) is 8.62. The van der Waals surface area contributed by atoms with E-state index in [1.54, 1.807) is 6.07 Å². The molecule has 3 N–H and O–H groups in total. The van der Waals surface area contributed by atoms with Crippen molar-refractivity contribution in [3.8, 4) is 5.75 Å². The molecule has 0 aromatic heterocycles. The van der Waals surface area contributed by atoms with E-state index in [9.17, 15) is 14.7 Å². The molecular weight excluding hydrogens is 398 g/mol. The van der Waals surface area contributed by atoms with E-state index < -0.39 is 11.8 Å². The second-order valence-electron chi connectivity index (χ2n) is 8.90. The van der Waals surface area contributed by atoms with Gasteiger partial charge < -0.3 is 30.1 Å². The van der Waals surface area contributed by atoms with Gasteiger partial charge in [-0.15, -0.1) is 0 Å². The minimum absolute atomic E-state index is 0.00143. The van der Waals surface area contributed by atoms with Crippen LogP contribution in [0.1, 0.15) is 46.5 Å². The lowest BCUT2D eigenvalue weighted by atomic mass is 9.85. The van der Waals surface area contributed by atoms with Gasteiger partial charge in [0.25, 0.3) is 0 Å². The van der Waals surface area contributed by atoms with Crippen molar-refractivity contribution in [2.45, 2.75) is 58.1 Å². The van der Waals surface area contributed by atoms with Crippen molar-refractivity contribution in [3.05, 3.63) is 18.2 Å². The average molecular weight is 434 g/mol. The molecule has 8 nitrogen and oxygen atoms in total. The molecule has 2 amide bonds. The number of aliphatic hydroxyl groups is 1. The van der Waals surface area contributed by atoms with Crippen molar-refractivity contribution in [1.82, 2.24) is 5.32 Å². The molecule has 1 saturated heterocycles. The highest BCUT2D eigenvalue weighted by atomic mass is 16.5. The molecule has 8 heteroatoms. The Balaban J connectivity index is 1.68. The van der Waals surface area contributed by atoms with Gasteiger partial charge in [0.2, 0.25) is 0 Å². The summed E-state index contributed by atoms with van der Waals surface area (Å²) >= 11 is 0. The van der Waals surface area contributed by atoms with Crippen molar-refractivity contribution in [3.63, 3.8) is 0 Å². The molecule has 2 atom stereocenters. The first-order valence-electron chi connectivity index (χ1n) is 11.2. The number of anilines is 2. The van der Waals surface area contributed by atoms with Crippen LogP contribution in [-0.2, 0) is 14.3 Å². The maximum Gasteiger partial charge on any atom is 0.313 e. The molecule has 0 bridgehead atoms. The Kier molecular flexibility index (Phi) is 7.78. The second-order valence-corrected chi connectivity index (χ2v) is 8.90. The number of nitrogens with one attached hydrogen (secondary N) is 2. The number of amides is 2. The first-order valence-corrected chi connectivity index (χ1v) is 11.2. The van der Waals surface area contributed by atoms with Crippen LogP contribution in [0.15, 0.2) is 18.2 Å². The molecule has 1 aromatic carbocycles. The van der Waals surface area contributed by atoms with Crippen LogP contribution < -0.4 is 20.3 Å². The lowest BCUT2D eigenvalue weighted by molar-refractivity contribution is -0.137. The second kappa shape index (κ2) is 10.3. The molecule has 2 fully saturated rings. The zero-order valence-corrected chi connectivity index (χ0v) is 18.8. The van der Waals surface area contributed by atoms with E-state index in [0.717, 1.165) is 44.5 Å². The standard InChI is InChI=1S/C23H35N3O5/c1-4-30-20-13-17(26-11-12-31-23(2,3)15-26)9-10-19(20)25-22(29)21(28)24-18-8-6-5-7-16(18)14-27/h9-10,13,16,18,27H,4-8,11-12,14-15H2,1-3H3,(H,24,28)(H,25,29). The third-order valence-electron chi connectivity index (χ3n) is 5.97. The van der Waals surface area contributed by atoms with Crippen LogP contribution in [0.5, 0.6) is 5.75 Å². The Morgan fingerprint density at radius 2 is 2.03 bits per heavy atom. The predicted octanol–water partition coefficient (Wildman–Crippen LogP) is 2.31.